The van der Waals surface area contributed by atoms with E-state index < -0.39 is 18.0 Å². The fourth-order valence-electron chi connectivity index (χ4n) is 1.92. The number of alkyl halides is 3. The van der Waals surface area contributed by atoms with Crippen molar-refractivity contribution < 1.29 is 17.9 Å². The fraction of sp³-hybridized carbons (Fsp3) is 0.421. The number of pyridine rings is 1. The zero-order valence-corrected chi connectivity index (χ0v) is 15.5. The molecule has 26 heavy (non-hydrogen) atoms. The van der Waals surface area contributed by atoms with E-state index in [1.165, 1.54) is 37.6 Å². The number of ether oxygens (including phenoxy) is 1. The smallest absolute Gasteiger partial charge is 0.433 e. The van der Waals surface area contributed by atoms with Crippen LogP contribution < -0.4 is 0 Å². The van der Waals surface area contributed by atoms with Crippen molar-refractivity contribution in [2.45, 2.75) is 52.8 Å². The van der Waals surface area contributed by atoms with Gasteiger partial charge in [-0.1, -0.05) is 39.3 Å². The largest absolute Gasteiger partial charge is 0.494 e. The van der Waals surface area contributed by atoms with Gasteiger partial charge in [0, 0.05) is 23.5 Å². The third kappa shape index (κ3) is 6.13. The van der Waals surface area contributed by atoms with Crippen molar-refractivity contribution in [2.75, 3.05) is 0 Å². The molecule has 0 radical (unpaired) electrons. The number of aryl methyl sites for hydroxylation is 1. The van der Waals surface area contributed by atoms with E-state index in [0.717, 1.165) is 6.07 Å². The van der Waals surface area contributed by atoms with E-state index in [1.807, 2.05) is 0 Å². The summed E-state index contributed by atoms with van der Waals surface area (Å²) in [5.74, 6) is 0.521. The minimum absolute atomic E-state index is 0.143. The molecule has 1 unspecified atom stereocenters. The first-order chi connectivity index (χ1) is 12.2. The molecule has 0 fully saturated rings. The lowest BCUT2D eigenvalue weighted by atomic mass is 10.0. The Morgan fingerprint density at radius 3 is 2.19 bits per heavy atom. The van der Waals surface area contributed by atoms with Gasteiger partial charge in [0.1, 0.15) is 17.6 Å². The van der Waals surface area contributed by atoms with Crippen LogP contribution in [-0.2, 0) is 10.9 Å². The molecule has 4 nitrogen and oxygen atoms in total. The van der Waals surface area contributed by atoms with E-state index in [2.05, 4.69) is 35.4 Å². The maximum Gasteiger partial charge on any atom is 0.433 e. The summed E-state index contributed by atoms with van der Waals surface area (Å²) in [5.41, 5.74) is 0.0633. The normalized spacial score (nSPS) is 12.0. The molecule has 7 heteroatoms. The Kier molecular flexibility index (Phi) is 8.22. The molecule has 0 aliphatic rings. The number of rotatable bonds is 5. The summed E-state index contributed by atoms with van der Waals surface area (Å²) >= 11 is 0. The molecule has 1 atom stereocenters. The molecule has 0 aromatic carbocycles. The van der Waals surface area contributed by atoms with Gasteiger partial charge in [0.05, 0.1) is 12.0 Å². The van der Waals surface area contributed by atoms with E-state index in [9.17, 15) is 13.2 Å². The quantitative estimate of drug-likeness (QED) is 0.618. The molecule has 2 aromatic rings. The summed E-state index contributed by atoms with van der Waals surface area (Å²) in [7, 11) is 0. The summed E-state index contributed by atoms with van der Waals surface area (Å²) in [6.07, 6.45) is 1.73. The van der Waals surface area contributed by atoms with Gasteiger partial charge in [0.2, 0.25) is 0 Å². The van der Waals surface area contributed by atoms with Crippen molar-refractivity contribution in [1.82, 2.24) is 15.0 Å². The van der Waals surface area contributed by atoms with Crippen molar-refractivity contribution in [3.63, 3.8) is 0 Å². The lowest BCUT2D eigenvalue weighted by Crippen LogP contribution is -2.11. The first-order valence-electron chi connectivity index (χ1n) is 8.38. The Morgan fingerprint density at radius 1 is 1.15 bits per heavy atom. The lowest BCUT2D eigenvalue weighted by Gasteiger charge is -2.17. The molecule has 0 spiro atoms. The first-order valence-corrected chi connectivity index (χ1v) is 8.38. The molecule has 0 bridgehead atoms. The summed E-state index contributed by atoms with van der Waals surface area (Å²) in [5, 5.41) is 0. The van der Waals surface area contributed by atoms with Crippen LogP contribution in [0.15, 0.2) is 37.4 Å². The van der Waals surface area contributed by atoms with Crippen molar-refractivity contribution >= 4 is 0 Å². The second kappa shape index (κ2) is 9.89. The van der Waals surface area contributed by atoms with Gasteiger partial charge in [-0.05, 0) is 19.9 Å². The Labute approximate surface area is 152 Å². The van der Waals surface area contributed by atoms with Crippen LogP contribution in [0.3, 0.4) is 0 Å². The van der Waals surface area contributed by atoms with Crippen LogP contribution in [0.25, 0.3) is 11.3 Å². The maximum atomic E-state index is 12.9. The highest BCUT2D eigenvalue weighted by Crippen LogP contribution is 2.33. The summed E-state index contributed by atoms with van der Waals surface area (Å²) in [6.45, 7) is 11.2. The summed E-state index contributed by atoms with van der Waals surface area (Å²) in [4.78, 5) is 11.7. The highest BCUT2D eigenvalue weighted by Gasteiger charge is 2.33. The average molecular weight is 367 g/mol. The number of aromatic nitrogens is 3. The van der Waals surface area contributed by atoms with Gasteiger partial charge in [-0.25, -0.2) is 15.0 Å². The standard InChI is InChI=1S/C15H14F3N3O.C4H10/c1-4-22-9(2)12-5-6-13(15(16,17)18)21-14(12)11-7-19-10(3)20-8-11;1-3-4-2/h4-9H,1H2,2-3H3;3-4H2,1-2H3. The zero-order chi connectivity index (χ0) is 19.7. The molecule has 0 aliphatic carbocycles. The lowest BCUT2D eigenvalue weighted by molar-refractivity contribution is -0.141. The number of nitrogens with zero attached hydrogens (tertiary/aromatic N) is 3. The van der Waals surface area contributed by atoms with Crippen molar-refractivity contribution in [3.8, 4) is 11.3 Å². The Balaban J connectivity index is 0.000000765. The highest BCUT2D eigenvalue weighted by atomic mass is 19.4. The van der Waals surface area contributed by atoms with E-state index in [0.29, 0.717) is 17.0 Å². The van der Waals surface area contributed by atoms with Crippen LogP contribution in [0.1, 0.15) is 56.8 Å². The molecule has 0 N–H and O–H groups in total. The third-order valence-electron chi connectivity index (χ3n) is 3.51. The van der Waals surface area contributed by atoms with Gasteiger partial charge in [0.25, 0.3) is 0 Å². The topological polar surface area (TPSA) is 47.9 Å². The van der Waals surface area contributed by atoms with Gasteiger partial charge in [-0.2, -0.15) is 13.2 Å². The first kappa shape index (κ1) is 21.6. The molecular weight excluding hydrogens is 343 g/mol. The van der Waals surface area contributed by atoms with Crippen molar-refractivity contribution in [2.24, 2.45) is 0 Å². The molecule has 2 rings (SSSR count). The Morgan fingerprint density at radius 2 is 1.73 bits per heavy atom. The molecule has 2 heterocycles. The molecule has 0 aliphatic heterocycles. The van der Waals surface area contributed by atoms with Crippen LogP contribution >= 0.6 is 0 Å². The van der Waals surface area contributed by atoms with Gasteiger partial charge < -0.3 is 4.74 Å². The molecule has 0 saturated carbocycles. The van der Waals surface area contributed by atoms with Gasteiger partial charge in [-0.3, -0.25) is 0 Å². The van der Waals surface area contributed by atoms with Gasteiger partial charge in [0.15, 0.2) is 0 Å². The van der Waals surface area contributed by atoms with Crippen LogP contribution in [0.2, 0.25) is 0 Å². The number of halogens is 3. The molecule has 142 valence electrons. The highest BCUT2D eigenvalue weighted by molar-refractivity contribution is 5.62. The minimum Gasteiger partial charge on any atom is -0.494 e. The van der Waals surface area contributed by atoms with Crippen LogP contribution in [0, 0.1) is 6.92 Å². The van der Waals surface area contributed by atoms with Gasteiger partial charge >= 0.3 is 6.18 Å². The zero-order valence-electron chi connectivity index (χ0n) is 15.5. The predicted molar refractivity (Wildman–Crippen MR) is 95.3 cm³/mol. The second-order valence-corrected chi connectivity index (χ2v) is 5.60. The van der Waals surface area contributed by atoms with Crippen LogP contribution in [0.5, 0.6) is 0 Å². The Bertz CT molecular complexity index is 698. The van der Waals surface area contributed by atoms with Gasteiger partial charge in [-0.15, -0.1) is 0 Å². The number of hydrogen-bond donors (Lipinski definition) is 0. The molecule has 0 amide bonds. The predicted octanol–water partition coefficient (Wildman–Crippen LogP) is 5.89. The minimum atomic E-state index is -4.53. The Hall–Kier alpha value is -2.44. The fourth-order valence-corrected chi connectivity index (χ4v) is 1.92. The third-order valence-corrected chi connectivity index (χ3v) is 3.51. The summed E-state index contributed by atoms with van der Waals surface area (Å²) < 4.78 is 43.9. The van der Waals surface area contributed by atoms with E-state index in [1.54, 1.807) is 13.8 Å². The monoisotopic (exact) mass is 367 g/mol. The summed E-state index contributed by atoms with van der Waals surface area (Å²) in [6, 6.07) is 2.27. The molecular formula is C19H24F3N3O. The number of unbranched alkanes of at least 4 members (excludes halogenated alkanes) is 1. The van der Waals surface area contributed by atoms with Crippen LogP contribution in [0.4, 0.5) is 13.2 Å². The van der Waals surface area contributed by atoms with Crippen LogP contribution in [-0.4, -0.2) is 15.0 Å². The van der Waals surface area contributed by atoms with Crippen molar-refractivity contribution in [3.05, 3.63) is 54.4 Å². The van der Waals surface area contributed by atoms with E-state index in [4.69, 9.17) is 4.74 Å². The molecule has 2 aromatic heterocycles. The maximum absolute atomic E-state index is 12.9. The second-order valence-electron chi connectivity index (χ2n) is 5.60. The number of hydrogen-bond acceptors (Lipinski definition) is 4. The molecule has 0 saturated heterocycles. The van der Waals surface area contributed by atoms with E-state index >= 15 is 0 Å². The SMILES string of the molecule is C=COC(C)c1ccc(C(F)(F)F)nc1-c1cnc(C)nc1.CCCC. The average Bonchev–Trinajstić information content (AvgIpc) is 2.61. The van der Waals surface area contributed by atoms with Crippen molar-refractivity contribution in [1.29, 1.82) is 0 Å². The van der Waals surface area contributed by atoms with E-state index in [-0.39, 0.29) is 5.69 Å².